The van der Waals surface area contributed by atoms with E-state index in [0.29, 0.717) is 13.2 Å². The van der Waals surface area contributed by atoms with Gasteiger partial charge >= 0.3 is 5.97 Å². The molecule has 5 heteroatoms. The number of hydrogen-bond donors (Lipinski definition) is 1. The monoisotopic (exact) mass is 327 g/mol. The molecule has 0 amide bonds. The van der Waals surface area contributed by atoms with Gasteiger partial charge in [-0.25, -0.2) is 0 Å². The van der Waals surface area contributed by atoms with Crippen molar-refractivity contribution in [3.05, 3.63) is 28.2 Å². The third-order valence-corrected chi connectivity index (χ3v) is 4.10. The van der Waals surface area contributed by atoms with Crippen LogP contribution < -0.4 is 10.1 Å². The van der Waals surface area contributed by atoms with Gasteiger partial charge in [-0.3, -0.25) is 4.79 Å². The third kappa shape index (κ3) is 3.09. The van der Waals surface area contributed by atoms with Crippen LogP contribution in [0.2, 0.25) is 0 Å². The zero-order valence-electron chi connectivity index (χ0n) is 11.1. The third-order valence-electron chi connectivity index (χ3n) is 3.41. The Bertz CT molecular complexity index is 464. The summed E-state index contributed by atoms with van der Waals surface area (Å²) in [5.74, 6) is 0.693. The zero-order chi connectivity index (χ0) is 13.8. The van der Waals surface area contributed by atoms with Crippen molar-refractivity contribution in [1.29, 1.82) is 0 Å². The molecular formula is C14H18BrNO3. The molecule has 2 atom stereocenters. The maximum atomic E-state index is 12.0. The fourth-order valence-electron chi connectivity index (χ4n) is 2.44. The van der Waals surface area contributed by atoms with E-state index in [1.807, 2.05) is 25.1 Å². The molecule has 0 bridgehead atoms. The average Bonchev–Trinajstić information content (AvgIpc) is 2.88. The number of benzene rings is 1. The zero-order valence-corrected chi connectivity index (χ0v) is 12.7. The second-order valence-corrected chi connectivity index (χ2v) is 5.37. The second-order valence-electron chi connectivity index (χ2n) is 4.51. The van der Waals surface area contributed by atoms with Gasteiger partial charge in [0.05, 0.1) is 19.6 Å². The normalized spacial score (nSPS) is 22.3. The van der Waals surface area contributed by atoms with E-state index in [1.165, 1.54) is 0 Å². The molecule has 1 aromatic carbocycles. The Morgan fingerprint density at radius 3 is 2.89 bits per heavy atom. The molecule has 0 saturated carbocycles. The first kappa shape index (κ1) is 14.3. The minimum absolute atomic E-state index is 0.121. The average molecular weight is 328 g/mol. The molecule has 0 radical (unpaired) electrons. The lowest BCUT2D eigenvalue weighted by Crippen LogP contribution is -2.24. The van der Waals surface area contributed by atoms with Crippen molar-refractivity contribution in [3.63, 3.8) is 0 Å². The lowest BCUT2D eigenvalue weighted by atomic mass is 9.89. The highest BCUT2D eigenvalue weighted by atomic mass is 79.9. The van der Waals surface area contributed by atoms with Gasteiger partial charge < -0.3 is 14.8 Å². The van der Waals surface area contributed by atoms with Crippen molar-refractivity contribution in [3.8, 4) is 5.75 Å². The van der Waals surface area contributed by atoms with Gasteiger partial charge in [-0.15, -0.1) is 0 Å². The first-order valence-electron chi connectivity index (χ1n) is 6.38. The number of carbonyl (C=O) groups excluding carboxylic acids is 1. The minimum atomic E-state index is -0.125. The Balaban J connectivity index is 2.22. The summed E-state index contributed by atoms with van der Waals surface area (Å²) in [6.45, 7) is 3.71. The lowest BCUT2D eigenvalue weighted by molar-refractivity contribution is -0.147. The molecule has 0 aromatic heterocycles. The Labute approximate surface area is 121 Å². The maximum absolute atomic E-state index is 12.0. The summed E-state index contributed by atoms with van der Waals surface area (Å²) in [7, 11) is 1.64. The lowest BCUT2D eigenvalue weighted by Gasteiger charge is -2.19. The van der Waals surface area contributed by atoms with E-state index < -0.39 is 0 Å². The van der Waals surface area contributed by atoms with Crippen molar-refractivity contribution in [2.45, 2.75) is 12.8 Å². The molecule has 1 N–H and O–H groups in total. The van der Waals surface area contributed by atoms with Gasteiger partial charge in [0, 0.05) is 23.5 Å². The molecule has 4 nitrogen and oxygen atoms in total. The summed E-state index contributed by atoms with van der Waals surface area (Å²) >= 11 is 3.55. The molecular weight excluding hydrogens is 310 g/mol. The molecule has 1 aliphatic heterocycles. The maximum Gasteiger partial charge on any atom is 0.310 e. The number of rotatable bonds is 4. The SMILES string of the molecule is CCOC(=O)C1CNCC1c1ccc(OC)cc1Br. The molecule has 1 heterocycles. The van der Waals surface area contributed by atoms with E-state index in [1.54, 1.807) is 7.11 Å². The first-order valence-corrected chi connectivity index (χ1v) is 7.17. The van der Waals surface area contributed by atoms with E-state index >= 15 is 0 Å². The van der Waals surface area contributed by atoms with Crippen molar-refractivity contribution in [2.24, 2.45) is 5.92 Å². The van der Waals surface area contributed by atoms with Gasteiger partial charge in [-0.1, -0.05) is 22.0 Å². The Hall–Kier alpha value is -1.07. The number of methoxy groups -OCH3 is 1. The molecule has 104 valence electrons. The number of halogens is 1. The van der Waals surface area contributed by atoms with Crippen LogP contribution in [0.3, 0.4) is 0 Å². The van der Waals surface area contributed by atoms with E-state index in [2.05, 4.69) is 21.2 Å². The molecule has 1 aromatic rings. The van der Waals surface area contributed by atoms with E-state index in [-0.39, 0.29) is 17.8 Å². The van der Waals surface area contributed by atoms with Crippen molar-refractivity contribution < 1.29 is 14.3 Å². The van der Waals surface area contributed by atoms with Gasteiger partial charge in [0.1, 0.15) is 5.75 Å². The summed E-state index contributed by atoms with van der Waals surface area (Å²) in [5.41, 5.74) is 1.11. The quantitative estimate of drug-likeness (QED) is 0.862. The molecule has 1 aliphatic rings. The molecule has 19 heavy (non-hydrogen) atoms. The summed E-state index contributed by atoms with van der Waals surface area (Å²) in [6, 6.07) is 5.85. The molecule has 2 unspecified atom stereocenters. The number of nitrogens with one attached hydrogen (secondary N) is 1. The molecule has 0 spiro atoms. The number of esters is 1. The molecule has 0 aliphatic carbocycles. The Kier molecular flexibility index (Phi) is 4.82. The summed E-state index contributed by atoms with van der Waals surface area (Å²) in [4.78, 5) is 12.0. The van der Waals surface area contributed by atoms with Crippen LogP contribution in [0.4, 0.5) is 0 Å². The van der Waals surface area contributed by atoms with Gasteiger partial charge in [-0.05, 0) is 24.6 Å². The molecule has 1 fully saturated rings. The van der Waals surface area contributed by atoms with Crippen molar-refractivity contribution in [2.75, 3.05) is 26.8 Å². The number of ether oxygens (including phenoxy) is 2. The van der Waals surface area contributed by atoms with E-state index in [4.69, 9.17) is 9.47 Å². The Morgan fingerprint density at radius 2 is 2.26 bits per heavy atom. The number of carbonyl (C=O) groups is 1. The highest BCUT2D eigenvalue weighted by molar-refractivity contribution is 9.10. The van der Waals surface area contributed by atoms with Crippen LogP contribution in [-0.2, 0) is 9.53 Å². The van der Waals surface area contributed by atoms with Crippen LogP contribution in [0.15, 0.2) is 22.7 Å². The van der Waals surface area contributed by atoms with Gasteiger partial charge in [0.15, 0.2) is 0 Å². The predicted octanol–water partition coefficient (Wildman–Crippen LogP) is 2.32. The summed E-state index contributed by atoms with van der Waals surface area (Å²) < 4.78 is 11.3. The van der Waals surface area contributed by atoms with Crippen LogP contribution >= 0.6 is 15.9 Å². The largest absolute Gasteiger partial charge is 0.497 e. The van der Waals surface area contributed by atoms with Gasteiger partial charge in [0.2, 0.25) is 0 Å². The standard InChI is InChI=1S/C14H18BrNO3/c1-3-19-14(17)12-8-16-7-11(12)10-5-4-9(18-2)6-13(10)15/h4-6,11-12,16H,3,7-8H2,1-2H3. The fourth-order valence-corrected chi connectivity index (χ4v) is 3.09. The van der Waals surface area contributed by atoms with E-state index in [0.717, 1.165) is 22.3 Å². The molecule has 1 saturated heterocycles. The first-order chi connectivity index (χ1) is 9.17. The smallest absolute Gasteiger partial charge is 0.310 e. The molecule has 2 rings (SSSR count). The van der Waals surface area contributed by atoms with Gasteiger partial charge in [-0.2, -0.15) is 0 Å². The van der Waals surface area contributed by atoms with E-state index in [9.17, 15) is 4.79 Å². The van der Waals surface area contributed by atoms with Crippen LogP contribution in [-0.4, -0.2) is 32.8 Å². The number of hydrogen-bond acceptors (Lipinski definition) is 4. The van der Waals surface area contributed by atoms with Gasteiger partial charge in [0.25, 0.3) is 0 Å². The topological polar surface area (TPSA) is 47.6 Å². The fraction of sp³-hybridized carbons (Fsp3) is 0.500. The highest BCUT2D eigenvalue weighted by Crippen LogP contribution is 2.35. The van der Waals surface area contributed by atoms with Crippen LogP contribution in [0.25, 0.3) is 0 Å². The van der Waals surface area contributed by atoms with Crippen LogP contribution in [0, 0.1) is 5.92 Å². The minimum Gasteiger partial charge on any atom is -0.497 e. The highest BCUT2D eigenvalue weighted by Gasteiger charge is 2.35. The van der Waals surface area contributed by atoms with Crippen molar-refractivity contribution in [1.82, 2.24) is 5.32 Å². The van der Waals surface area contributed by atoms with Crippen LogP contribution in [0.5, 0.6) is 5.75 Å². The summed E-state index contributed by atoms with van der Waals surface area (Å²) in [5, 5.41) is 3.26. The Morgan fingerprint density at radius 1 is 1.47 bits per heavy atom. The predicted molar refractivity (Wildman–Crippen MR) is 76.4 cm³/mol. The summed E-state index contributed by atoms with van der Waals surface area (Å²) in [6.07, 6.45) is 0. The van der Waals surface area contributed by atoms with Crippen LogP contribution in [0.1, 0.15) is 18.4 Å². The van der Waals surface area contributed by atoms with Crippen molar-refractivity contribution >= 4 is 21.9 Å². The second kappa shape index (κ2) is 6.39.